The van der Waals surface area contributed by atoms with E-state index < -0.39 is 0 Å². The molecule has 0 unspecified atom stereocenters. The number of carbonyl (C=O) groups is 1. The summed E-state index contributed by atoms with van der Waals surface area (Å²) >= 11 is 0. The number of hydrogen-bond donors (Lipinski definition) is 1. The van der Waals surface area contributed by atoms with Crippen LogP contribution in [0.2, 0.25) is 0 Å². The molecule has 0 aliphatic heterocycles. The van der Waals surface area contributed by atoms with Crippen molar-refractivity contribution in [3.63, 3.8) is 0 Å². The fraction of sp³-hybridized carbons (Fsp3) is 0.533. The molecule has 0 bridgehead atoms. The van der Waals surface area contributed by atoms with Crippen LogP contribution in [0, 0.1) is 18.7 Å². The van der Waals surface area contributed by atoms with Gasteiger partial charge in [-0.05, 0) is 37.0 Å². The summed E-state index contributed by atoms with van der Waals surface area (Å²) in [6.45, 7) is 1.83. The Balaban J connectivity index is 1.82. The third kappa shape index (κ3) is 3.56. The normalized spacial score (nSPS) is 15.9. The van der Waals surface area contributed by atoms with Gasteiger partial charge in [0.1, 0.15) is 5.82 Å². The molecule has 1 saturated carbocycles. The molecule has 0 heterocycles. The van der Waals surface area contributed by atoms with Crippen LogP contribution in [0.3, 0.4) is 0 Å². The summed E-state index contributed by atoms with van der Waals surface area (Å²) < 4.78 is 13.5. The van der Waals surface area contributed by atoms with Crippen molar-refractivity contribution < 1.29 is 9.18 Å². The molecule has 1 fully saturated rings. The molecule has 1 aliphatic carbocycles. The van der Waals surface area contributed by atoms with Crippen molar-refractivity contribution in [2.45, 2.75) is 45.4 Å². The zero-order valence-electron chi connectivity index (χ0n) is 10.8. The van der Waals surface area contributed by atoms with Gasteiger partial charge >= 0.3 is 0 Å². The average Bonchev–Trinajstić information content (AvgIpc) is 2.83. The lowest BCUT2D eigenvalue weighted by Gasteiger charge is -2.10. The summed E-state index contributed by atoms with van der Waals surface area (Å²) in [4.78, 5) is 11.7. The molecule has 1 aromatic rings. The Kier molecular flexibility index (Phi) is 4.34. The summed E-state index contributed by atoms with van der Waals surface area (Å²) in [6.07, 6.45) is 6.49. The molecule has 0 spiro atoms. The molecule has 0 atom stereocenters. The number of aryl methyl sites for hydroxylation is 1. The summed E-state index contributed by atoms with van der Waals surface area (Å²) in [5.41, 5.74) is 1.15. The van der Waals surface area contributed by atoms with Gasteiger partial charge in [0.15, 0.2) is 0 Å². The predicted molar refractivity (Wildman–Crippen MR) is 71.0 cm³/mol. The topological polar surface area (TPSA) is 29.1 Å². The van der Waals surface area contributed by atoms with Crippen molar-refractivity contribution in [3.05, 3.63) is 29.6 Å². The number of benzene rings is 1. The van der Waals surface area contributed by atoms with Gasteiger partial charge in [-0.1, -0.05) is 31.7 Å². The van der Waals surface area contributed by atoms with Crippen LogP contribution >= 0.6 is 0 Å². The maximum Gasteiger partial charge on any atom is 0.224 e. The first-order valence-corrected chi connectivity index (χ1v) is 6.71. The van der Waals surface area contributed by atoms with Gasteiger partial charge in [0.2, 0.25) is 5.91 Å². The van der Waals surface area contributed by atoms with E-state index in [2.05, 4.69) is 5.32 Å². The van der Waals surface area contributed by atoms with Gasteiger partial charge in [-0.25, -0.2) is 4.39 Å². The summed E-state index contributed by atoms with van der Waals surface area (Å²) in [5.74, 6) is 0.257. The van der Waals surface area contributed by atoms with Crippen LogP contribution in [0.1, 0.15) is 44.1 Å². The molecule has 3 heteroatoms. The van der Waals surface area contributed by atoms with Crippen molar-refractivity contribution in [2.75, 3.05) is 5.32 Å². The van der Waals surface area contributed by atoms with Gasteiger partial charge in [-0.3, -0.25) is 4.79 Å². The molecule has 0 saturated heterocycles. The van der Waals surface area contributed by atoms with Crippen LogP contribution in [-0.4, -0.2) is 5.91 Å². The number of carbonyl (C=O) groups excluding carboxylic acids is 1. The third-order valence-electron chi connectivity index (χ3n) is 3.65. The second-order valence-electron chi connectivity index (χ2n) is 5.22. The minimum Gasteiger partial charge on any atom is -0.324 e. The molecular weight excluding hydrogens is 229 g/mol. The maximum atomic E-state index is 13.5. The van der Waals surface area contributed by atoms with E-state index in [1.807, 2.05) is 6.92 Å². The van der Waals surface area contributed by atoms with Gasteiger partial charge in [0.05, 0.1) is 5.69 Å². The predicted octanol–water partition coefficient (Wildman–Crippen LogP) is 4.04. The van der Waals surface area contributed by atoms with E-state index in [4.69, 9.17) is 0 Å². The fourth-order valence-corrected chi connectivity index (χ4v) is 2.57. The molecule has 98 valence electrons. The zero-order chi connectivity index (χ0) is 13.0. The van der Waals surface area contributed by atoms with Crippen molar-refractivity contribution in [1.29, 1.82) is 0 Å². The van der Waals surface area contributed by atoms with Crippen LogP contribution in [0.25, 0.3) is 0 Å². The Morgan fingerprint density at radius 2 is 2.11 bits per heavy atom. The number of amides is 1. The second-order valence-corrected chi connectivity index (χ2v) is 5.22. The van der Waals surface area contributed by atoms with E-state index in [9.17, 15) is 9.18 Å². The minimum absolute atomic E-state index is 0.0790. The molecule has 1 N–H and O–H groups in total. The van der Waals surface area contributed by atoms with Gasteiger partial charge in [0, 0.05) is 6.42 Å². The summed E-state index contributed by atoms with van der Waals surface area (Å²) in [5, 5.41) is 2.65. The number of rotatable bonds is 4. The maximum absolute atomic E-state index is 13.5. The molecule has 0 radical (unpaired) electrons. The zero-order valence-corrected chi connectivity index (χ0v) is 10.8. The Morgan fingerprint density at radius 3 is 2.78 bits per heavy atom. The Bertz CT molecular complexity index is 425. The van der Waals surface area contributed by atoms with E-state index in [1.54, 1.807) is 12.1 Å². The van der Waals surface area contributed by atoms with E-state index >= 15 is 0 Å². The van der Waals surface area contributed by atoms with Crippen LogP contribution in [0.15, 0.2) is 18.2 Å². The lowest BCUT2D eigenvalue weighted by molar-refractivity contribution is -0.116. The number of hydrogen-bond acceptors (Lipinski definition) is 1. The summed E-state index contributed by atoms with van der Waals surface area (Å²) in [7, 11) is 0. The van der Waals surface area contributed by atoms with E-state index in [-0.39, 0.29) is 17.4 Å². The van der Waals surface area contributed by atoms with Crippen LogP contribution in [-0.2, 0) is 4.79 Å². The first kappa shape index (κ1) is 13.1. The number of nitrogens with one attached hydrogen (secondary N) is 1. The van der Waals surface area contributed by atoms with Gasteiger partial charge < -0.3 is 5.32 Å². The first-order valence-electron chi connectivity index (χ1n) is 6.71. The highest BCUT2D eigenvalue weighted by Crippen LogP contribution is 2.28. The van der Waals surface area contributed by atoms with Gasteiger partial charge in [0.25, 0.3) is 0 Å². The van der Waals surface area contributed by atoms with E-state index in [0.29, 0.717) is 12.3 Å². The molecule has 18 heavy (non-hydrogen) atoms. The van der Waals surface area contributed by atoms with Crippen LogP contribution in [0.4, 0.5) is 10.1 Å². The van der Waals surface area contributed by atoms with Crippen molar-refractivity contribution >= 4 is 11.6 Å². The molecular formula is C15H20FNO. The minimum atomic E-state index is -0.357. The van der Waals surface area contributed by atoms with Crippen LogP contribution in [0.5, 0.6) is 0 Å². The van der Waals surface area contributed by atoms with E-state index in [0.717, 1.165) is 12.0 Å². The van der Waals surface area contributed by atoms with Crippen molar-refractivity contribution in [3.8, 4) is 0 Å². The summed E-state index contributed by atoms with van der Waals surface area (Å²) in [6, 6.07) is 4.86. The molecule has 1 aromatic carbocycles. The Labute approximate surface area is 108 Å². The van der Waals surface area contributed by atoms with Crippen molar-refractivity contribution in [2.24, 2.45) is 5.92 Å². The molecule has 1 amide bonds. The quantitative estimate of drug-likeness (QED) is 0.857. The first-order chi connectivity index (χ1) is 8.65. The van der Waals surface area contributed by atoms with E-state index in [1.165, 1.54) is 31.7 Å². The highest BCUT2D eigenvalue weighted by atomic mass is 19.1. The Morgan fingerprint density at radius 1 is 1.39 bits per heavy atom. The SMILES string of the molecule is Cc1ccc(NC(=O)CCC2CCCC2)c(F)c1. The standard InChI is InChI=1S/C15H20FNO/c1-11-6-8-14(13(16)10-11)17-15(18)9-7-12-4-2-3-5-12/h6,8,10,12H,2-5,7,9H2,1H3,(H,17,18). The lowest BCUT2D eigenvalue weighted by atomic mass is 10.0. The van der Waals surface area contributed by atoms with Gasteiger partial charge in [-0.2, -0.15) is 0 Å². The average molecular weight is 249 g/mol. The second kappa shape index (κ2) is 5.98. The number of anilines is 1. The fourth-order valence-electron chi connectivity index (χ4n) is 2.57. The van der Waals surface area contributed by atoms with Crippen molar-refractivity contribution in [1.82, 2.24) is 0 Å². The molecule has 2 nitrogen and oxygen atoms in total. The molecule has 2 rings (SSSR count). The molecule has 0 aromatic heterocycles. The lowest BCUT2D eigenvalue weighted by Crippen LogP contribution is -2.13. The third-order valence-corrected chi connectivity index (χ3v) is 3.65. The molecule has 1 aliphatic rings. The highest BCUT2D eigenvalue weighted by Gasteiger charge is 2.16. The highest BCUT2D eigenvalue weighted by molar-refractivity contribution is 5.90. The van der Waals surface area contributed by atoms with Gasteiger partial charge in [-0.15, -0.1) is 0 Å². The van der Waals surface area contributed by atoms with Crippen LogP contribution < -0.4 is 5.32 Å². The smallest absolute Gasteiger partial charge is 0.224 e. The Hall–Kier alpha value is -1.38. The monoisotopic (exact) mass is 249 g/mol. The number of halogens is 1. The largest absolute Gasteiger partial charge is 0.324 e.